The Bertz CT molecular complexity index is 1330. The number of nitrogens with one attached hydrogen (secondary N) is 1. The zero-order valence-corrected chi connectivity index (χ0v) is 19.1. The Labute approximate surface area is 191 Å². The highest BCUT2D eigenvalue weighted by Gasteiger charge is 2.36. The molecule has 1 amide bonds. The van der Waals surface area contributed by atoms with E-state index in [1.807, 2.05) is 0 Å². The largest absolute Gasteiger partial charge is 0.423 e. The molecule has 1 unspecified atom stereocenters. The molecule has 11 heteroatoms. The van der Waals surface area contributed by atoms with Gasteiger partial charge in [0.2, 0.25) is 36.5 Å². The minimum absolute atomic E-state index is 0.141. The molecule has 2 heterocycles. The number of aromatic nitrogens is 1. The number of ether oxygens (including phenoxy) is 1. The van der Waals surface area contributed by atoms with Gasteiger partial charge in [-0.25, -0.2) is 16.8 Å². The molecule has 0 aliphatic carbocycles. The van der Waals surface area contributed by atoms with Crippen LogP contribution >= 0.6 is 0 Å². The van der Waals surface area contributed by atoms with Crippen molar-refractivity contribution in [2.75, 3.05) is 18.9 Å². The first-order chi connectivity index (χ1) is 15.8. The third kappa shape index (κ3) is 5.15. The third-order valence-corrected chi connectivity index (χ3v) is 8.34. The van der Waals surface area contributed by atoms with Crippen molar-refractivity contribution in [3.05, 3.63) is 60.7 Å². The van der Waals surface area contributed by atoms with E-state index in [0.29, 0.717) is 12.2 Å². The van der Waals surface area contributed by atoms with Crippen LogP contribution in [-0.4, -0.2) is 52.7 Å². The Kier molecular flexibility index (Phi) is 6.63. The minimum atomic E-state index is -4.48. The number of oxazole rings is 1. The molecule has 33 heavy (non-hydrogen) atoms. The predicted molar refractivity (Wildman–Crippen MR) is 118 cm³/mol. The Morgan fingerprint density at radius 2 is 1.67 bits per heavy atom. The number of carbonyl (C=O) groups excluding carboxylic acids is 1. The van der Waals surface area contributed by atoms with Gasteiger partial charge in [0.1, 0.15) is 5.75 Å². The average Bonchev–Trinajstić information content (AvgIpc) is 3.50. The van der Waals surface area contributed by atoms with Crippen LogP contribution in [0.25, 0.3) is 11.5 Å². The first kappa shape index (κ1) is 23.1. The number of hydrogen-bond acceptors (Lipinski definition) is 8. The third-order valence-electron chi connectivity index (χ3n) is 5.05. The topological polar surface area (TPSA) is 133 Å². The standard InChI is InChI=1S/C22H22N2O7S2/c25-19(23-14-17-10-7-13-30-17)15-32(26,27)22-21(33(28,29)18-11-5-2-6-12-18)24-20(31-22)16-8-3-1-4-9-16/h1-6,8-9,11-12,17H,7,10,13-15H2,(H,23,25). The number of benzene rings is 2. The van der Waals surface area contributed by atoms with Crippen LogP contribution in [-0.2, 0) is 29.2 Å². The smallest absolute Gasteiger partial charge is 0.258 e. The lowest BCUT2D eigenvalue weighted by atomic mass is 10.2. The van der Waals surface area contributed by atoms with E-state index < -0.39 is 41.5 Å². The van der Waals surface area contributed by atoms with Gasteiger partial charge in [-0.3, -0.25) is 4.79 Å². The molecule has 1 aliphatic heterocycles. The van der Waals surface area contributed by atoms with Crippen molar-refractivity contribution >= 4 is 25.6 Å². The van der Waals surface area contributed by atoms with Gasteiger partial charge in [-0.1, -0.05) is 36.4 Å². The summed E-state index contributed by atoms with van der Waals surface area (Å²) in [6.45, 7) is 0.773. The number of sulfone groups is 2. The summed E-state index contributed by atoms with van der Waals surface area (Å²) >= 11 is 0. The van der Waals surface area contributed by atoms with Crippen molar-refractivity contribution in [2.45, 2.75) is 34.0 Å². The summed E-state index contributed by atoms with van der Waals surface area (Å²) in [4.78, 5) is 16.2. The van der Waals surface area contributed by atoms with E-state index in [1.54, 1.807) is 36.4 Å². The van der Waals surface area contributed by atoms with Crippen LogP contribution in [0.15, 0.2) is 80.1 Å². The Morgan fingerprint density at radius 3 is 2.30 bits per heavy atom. The van der Waals surface area contributed by atoms with Gasteiger partial charge in [-0.15, -0.1) is 0 Å². The summed E-state index contributed by atoms with van der Waals surface area (Å²) in [6.07, 6.45) is 1.48. The van der Waals surface area contributed by atoms with E-state index in [9.17, 15) is 21.6 Å². The molecule has 2 aromatic carbocycles. The SMILES string of the molecule is O=C(CS(=O)(=O)c1oc(-c2ccccc2)nc1S(=O)(=O)c1ccccc1)NCC1CCCO1. The van der Waals surface area contributed by atoms with Crippen LogP contribution in [0.3, 0.4) is 0 Å². The molecule has 0 spiro atoms. The maximum atomic E-state index is 13.2. The molecular weight excluding hydrogens is 468 g/mol. The molecule has 0 radical (unpaired) electrons. The van der Waals surface area contributed by atoms with Crippen LogP contribution in [0.2, 0.25) is 0 Å². The second-order valence-electron chi connectivity index (χ2n) is 7.49. The Hall–Kier alpha value is -3.02. The molecular formula is C22H22N2O7S2. The van der Waals surface area contributed by atoms with Gasteiger partial charge in [-0.2, -0.15) is 4.98 Å². The van der Waals surface area contributed by atoms with Gasteiger partial charge in [0.05, 0.1) is 11.0 Å². The van der Waals surface area contributed by atoms with Gasteiger partial charge in [0.25, 0.3) is 5.09 Å². The minimum Gasteiger partial charge on any atom is -0.423 e. The first-order valence-electron chi connectivity index (χ1n) is 10.2. The fraction of sp³-hybridized carbons (Fsp3) is 0.273. The zero-order chi connectivity index (χ0) is 23.5. The number of hydrogen-bond donors (Lipinski definition) is 1. The van der Waals surface area contributed by atoms with E-state index in [0.717, 1.165) is 12.8 Å². The lowest BCUT2D eigenvalue weighted by Gasteiger charge is -2.10. The normalized spacial score (nSPS) is 16.5. The highest BCUT2D eigenvalue weighted by atomic mass is 32.2. The summed E-state index contributed by atoms with van der Waals surface area (Å²) in [5.74, 6) is -1.95. The lowest BCUT2D eigenvalue weighted by molar-refractivity contribution is -0.119. The fourth-order valence-electron chi connectivity index (χ4n) is 3.40. The molecule has 9 nitrogen and oxygen atoms in total. The lowest BCUT2D eigenvalue weighted by Crippen LogP contribution is -2.35. The predicted octanol–water partition coefficient (Wildman–Crippen LogP) is 2.24. The molecule has 174 valence electrons. The summed E-state index contributed by atoms with van der Waals surface area (Å²) < 4.78 is 63.5. The number of carbonyl (C=O) groups is 1. The van der Waals surface area contributed by atoms with Crippen LogP contribution in [0, 0.1) is 0 Å². The van der Waals surface area contributed by atoms with E-state index in [4.69, 9.17) is 9.15 Å². The molecule has 4 rings (SSSR count). The molecule has 1 aromatic heterocycles. The van der Waals surface area contributed by atoms with Crippen molar-refractivity contribution in [3.63, 3.8) is 0 Å². The summed E-state index contributed by atoms with van der Waals surface area (Å²) in [5.41, 5.74) is 0.395. The molecule has 0 bridgehead atoms. The number of rotatable bonds is 8. The molecule has 3 aromatic rings. The first-order valence-corrected chi connectivity index (χ1v) is 13.4. The molecule has 1 atom stereocenters. The molecule has 1 fully saturated rings. The van der Waals surface area contributed by atoms with E-state index in [2.05, 4.69) is 10.3 Å². The maximum Gasteiger partial charge on any atom is 0.258 e. The average molecular weight is 491 g/mol. The Morgan fingerprint density at radius 1 is 1.00 bits per heavy atom. The molecule has 1 aliphatic rings. The highest BCUT2D eigenvalue weighted by molar-refractivity contribution is 7.94. The second kappa shape index (κ2) is 9.46. The van der Waals surface area contributed by atoms with Crippen molar-refractivity contribution in [1.29, 1.82) is 0 Å². The molecule has 1 saturated heterocycles. The van der Waals surface area contributed by atoms with E-state index in [-0.39, 0.29) is 23.4 Å². The van der Waals surface area contributed by atoms with E-state index in [1.165, 1.54) is 24.3 Å². The summed E-state index contributed by atoms with van der Waals surface area (Å²) in [5, 5.41) is 0.910. The zero-order valence-electron chi connectivity index (χ0n) is 17.5. The van der Waals surface area contributed by atoms with Crippen LogP contribution in [0.5, 0.6) is 0 Å². The van der Waals surface area contributed by atoms with Crippen molar-refractivity contribution in [3.8, 4) is 11.5 Å². The summed E-state index contributed by atoms with van der Waals surface area (Å²) in [6, 6.07) is 15.6. The van der Waals surface area contributed by atoms with Gasteiger partial charge < -0.3 is 14.5 Å². The van der Waals surface area contributed by atoms with Gasteiger partial charge in [-0.05, 0) is 37.1 Å². The second-order valence-corrected chi connectivity index (χ2v) is 11.2. The molecule has 1 N–H and O–H groups in total. The van der Waals surface area contributed by atoms with Gasteiger partial charge >= 0.3 is 0 Å². The van der Waals surface area contributed by atoms with Crippen LogP contribution < -0.4 is 5.32 Å². The monoisotopic (exact) mass is 490 g/mol. The Balaban J connectivity index is 1.69. The quantitative estimate of drug-likeness (QED) is 0.508. The fourth-order valence-corrected chi connectivity index (χ4v) is 6.40. The van der Waals surface area contributed by atoms with Crippen molar-refractivity contribution in [2.24, 2.45) is 0 Å². The van der Waals surface area contributed by atoms with Crippen LogP contribution in [0.1, 0.15) is 12.8 Å². The van der Waals surface area contributed by atoms with Gasteiger partial charge in [0, 0.05) is 18.7 Å². The number of amides is 1. The highest BCUT2D eigenvalue weighted by Crippen LogP contribution is 2.32. The van der Waals surface area contributed by atoms with Crippen molar-refractivity contribution in [1.82, 2.24) is 10.3 Å². The maximum absolute atomic E-state index is 13.2. The van der Waals surface area contributed by atoms with Gasteiger partial charge in [0.15, 0.2) is 0 Å². The van der Waals surface area contributed by atoms with Crippen LogP contribution in [0.4, 0.5) is 0 Å². The van der Waals surface area contributed by atoms with E-state index >= 15 is 0 Å². The summed E-state index contributed by atoms with van der Waals surface area (Å²) in [7, 11) is -8.81. The number of nitrogens with zero attached hydrogens (tertiary/aromatic N) is 1. The van der Waals surface area contributed by atoms with Crippen molar-refractivity contribution < 1.29 is 30.8 Å². The molecule has 0 saturated carbocycles.